The molecule has 1 aliphatic carbocycles. The average molecular weight is 171 g/mol. The molecule has 3 nitrogen and oxygen atoms in total. The molecule has 0 bridgehead atoms. The highest BCUT2D eigenvalue weighted by molar-refractivity contribution is 5.67. The third-order valence-corrected chi connectivity index (χ3v) is 2.52. The van der Waals surface area contributed by atoms with Crippen molar-refractivity contribution in [1.82, 2.24) is 5.32 Å². The number of ether oxygens (including phenoxy) is 1. The Morgan fingerprint density at radius 3 is 2.42 bits per heavy atom. The number of carbonyl (C=O) groups excluding carboxylic acids is 1. The Hall–Kier alpha value is -0.730. The molecule has 0 aromatic heterocycles. The Kier molecular flexibility index (Phi) is 3.38. The number of rotatable bonds is 1. The van der Waals surface area contributed by atoms with Crippen LogP contribution in [0.15, 0.2) is 0 Å². The van der Waals surface area contributed by atoms with Crippen LogP contribution in [0.3, 0.4) is 0 Å². The summed E-state index contributed by atoms with van der Waals surface area (Å²) in [5, 5.41) is 2.83. The molecule has 70 valence electrons. The van der Waals surface area contributed by atoms with Crippen molar-refractivity contribution in [1.29, 1.82) is 0 Å². The van der Waals surface area contributed by atoms with E-state index in [-0.39, 0.29) is 6.09 Å². The zero-order valence-corrected chi connectivity index (χ0v) is 7.80. The van der Waals surface area contributed by atoms with E-state index >= 15 is 0 Å². The van der Waals surface area contributed by atoms with Crippen LogP contribution in [-0.4, -0.2) is 19.2 Å². The lowest BCUT2D eigenvalue weighted by Crippen LogP contribution is -2.37. The minimum absolute atomic E-state index is 0.297. The van der Waals surface area contributed by atoms with Gasteiger partial charge in [-0.1, -0.05) is 6.92 Å². The molecule has 1 saturated carbocycles. The molecule has 0 radical (unpaired) electrons. The number of hydrogen-bond acceptors (Lipinski definition) is 2. The van der Waals surface area contributed by atoms with Crippen molar-refractivity contribution >= 4 is 6.09 Å². The van der Waals surface area contributed by atoms with Crippen molar-refractivity contribution in [3.63, 3.8) is 0 Å². The van der Waals surface area contributed by atoms with E-state index in [0.29, 0.717) is 6.04 Å². The molecule has 1 amide bonds. The predicted molar refractivity (Wildman–Crippen MR) is 47.0 cm³/mol. The average Bonchev–Trinajstić information content (AvgIpc) is 2.09. The van der Waals surface area contributed by atoms with Gasteiger partial charge in [0.2, 0.25) is 0 Å². The summed E-state index contributed by atoms with van der Waals surface area (Å²) in [6.45, 7) is 2.26. The normalized spacial score (nSPS) is 29.5. The summed E-state index contributed by atoms with van der Waals surface area (Å²) in [5.41, 5.74) is 0. The van der Waals surface area contributed by atoms with E-state index in [0.717, 1.165) is 18.8 Å². The number of methoxy groups -OCH3 is 1. The molecule has 0 spiro atoms. The van der Waals surface area contributed by atoms with E-state index < -0.39 is 0 Å². The lowest BCUT2D eigenvalue weighted by molar-refractivity contribution is 0.161. The van der Waals surface area contributed by atoms with Crippen molar-refractivity contribution in [2.75, 3.05) is 7.11 Å². The van der Waals surface area contributed by atoms with E-state index in [1.165, 1.54) is 20.0 Å². The van der Waals surface area contributed by atoms with E-state index in [2.05, 4.69) is 17.0 Å². The van der Waals surface area contributed by atoms with Gasteiger partial charge in [-0.3, -0.25) is 0 Å². The van der Waals surface area contributed by atoms with Crippen molar-refractivity contribution in [3.8, 4) is 0 Å². The quantitative estimate of drug-likeness (QED) is 0.654. The summed E-state index contributed by atoms with van der Waals surface area (Å²) < 4.78 is 4.53. The topological polar surface area (TPSA) is 38.3 Å². The van der Waals surface area contributed by atoms with Crippen molar-refractivity contribution < 1.29 is 9.53 Å². The summed E-state index contributed by atoms with van der Waals surface area (Å²) in [6, 6.07) is 0.341. The maximum absolute atomic E-state index is 10.8. The van der Waals surface area contributed by atoms with Crippen LogP contribution in [-0.2, 0) is 4.74 Å². The largest absolute Gasteiger partial charge is 0.453 e. The second-order valence-electron chi connectivity index (χ2n) is 3.59. The van der Waals surface area contributed by atoms with Gasteiger partial charge in [0.25, 0.3) is 0 Å². The fourth-order valence-corrected chi connectivity index (χ4v) is 1.63. The lowest BCUT2D eigenvalue weighted by atomic mass is 9.87. The Bertz CT molecular complexity index is 151. The van der Waals surface area contributed by atoms with Crippen LogP contribution in [0.25, 0.3) is 0 Å². The number of carbonyl (C=O) groups is 1. The SMILES string of the molecule is COC(=O)N[C@H]1CC[C@H](C)CC1. The third kappa shape index (κ3) is 2.72. The van der Waals surface area contributed by atoms with Crippen molar-refractivity contribution in [3.05, 3.63) is 0 Å². The molecule has 0 atom stereocenters. The molecule has 0 aliphatic heterocycles. The lowest BCUT2D eigenvalue weighted by Gasteiger charge is -2.26. The molecule has 0 aromatic rings. The third-order valence-electron chi connectivity index (χ3n) is 2.52. The maximum atomic E-state index is 10.8. The molecular formula is C9H17NO2. The summed E-state index contributed by atoms with van der Waals surface area (Å²) in [6.07, 6.45) is 4.32. The minimum Gasteiger partial charge on any atom is -0.453 e. The van der Waals surface area contributed by atoms with Gasteiger partial charge in [-0.15, -0.1) is 0 Å². The van der Waals surface area contributed by atoms with Gasteiger partial charge >= 0.3 is 6.09 Å². The van der Waals surface area contributed by atoms with E-state index in [1.54, 1.807) is 0 Å². The van der Waals surface area contributed by atoms with Gasteiger partial charge < -0.3 is 10.1 Å². The molecular weight excluding hydrogens is 154 g/mol. The standard InChI is InChI=1S/C9H17NO2/c1-7-3-5-8(6-4-7)10-9(11)12-2/h7-8H,3-6H2,1-2H3,(H,10,11)/t7-,8-. The molecule has 1 N–H and O–H groups in total. The van der Waals surface area contributed by atoms with Crippen LogP contribution in [0.2, 0.25) is 0 Å². The van der Waals surface area contributed by atoms with E-state index in [4.69, 9.17) is 0 Å². The molecule has 0 saturated heterocycles. The molecule has 1 rings (SSSR count). The van der Waals surface area contributed by atoms with Crippen LogP contribution >= 0.6 is 0 Å². The molecule has 1 aliphatic rings. The Labute approximate surface area is 73.5 Å². The first kappa shape index (κ1) is 9.36. The Morgan fingerprint density at radius 1 is 1.33 bits per heavy atom. The van der Waals surface area contributed by atoms with E-state index in [9.17, 15) is 4.79 Å². The van der Waals surface area contributed by atoms with Gasteiger partial charge in [0.05, 0.1) is 7.11 Å². The summed E-state index contributed by atoms with van der Waals surface area (Å²) in [4.78, 5) is 10.8. The van der Waals surface area contributed by atoms with Crippen LogP contribution < -0.4 is 5.32 Å². The van der Waals surface area contributed by atoms with Crippen LogP contribution in [0.4, 0.5) is 4.79 Å². The van der Waals surface area contributed by atoms with Crippen molar-refractivity contribution in [2.45, 2.75) is 38.6 Å². The zero-order chi connectivity index (χ0) is 8.97. The van der Waals surface area contributed by atoms with Gasteiger partial charge in [-0.25, -0.2) is 4.79 Å². The molecule has 0 unspecified atom stereocenters. The first-order chi connectivity index (χ1) is 5.72. The molecule has 0 aromatic carbocycles. The fraction of sp³-hybridized carbons (Fsp3) is 0.889. The summed E-state index contributed by atoms with van der Waals surface area (Å²) in [7, 11) is 1.40. The van der Waals surface area contributed by atoms with Crippen LogP contribution in [0.1, 0.15) is 32.6 Å². The van der Waals surface area contributed by atoms with E-state index in [1.807, 2.05) is 0 Å². The van der Waals surface area contributed by atoms with Gasteiger partial charge in [0.1, 0.15) is 0 Å². The Morgan fingerprint density at radius 2 is 1.92 bits per heavy atom. The molecule has 12 heavy (non-hydrogen) atoms. The highest BCUT2D eigenvalue weighted by Crippen LogP contribution is 2.23. The molecule has 0 heterocycles. The zero-order valence-electron chi connectivity index (χ0n) is 7.80. The molecule has 3 heteroatoms. The smallest absolute Gasteiger partial charge is 0.407 e. The van der Waals surface area contributed by atoms with Gasteiger partial charge in [-0.05, 0) is 31.6 Å². The van der Waals surface area contributed by atoms with Gasteiger partial charge in [0.15, 0.2) is 0 Å². The monoisotopic (exact) mass is 171 g/mol. The predicted octanol–water partition coefficient (Wildman–Crippen LogP) is 1.92. The number of nitrogens with one attached hydrogen (secondary N) is 1. The van der Waals surface area contributed by atoms with Crippen LogP contribution in [0, 0.1) is 5.92 Å². The van der Waals surface area contributed by atoms with Crippen LogP contribution in [0.5, 0.6) is 0 Å². The number of alkyl carbamates (subject to hydrolysis) is 1. The maximum Gasteiger partial charge on any atom is 0.407 e. The second kappa shape index (κ2) is 4.33. The second-order valence-corrected chi connectivity index (χ2v) is 3.59. The number of amides is 1. The highest BCUT2D eigenvalue weighted by atomic mass is 16.5. The Balaban J connectivity index is 2.21. The fourth-order valence-electron chi connectivity index (χ4n) is 1.63. The number of hydrogen-bond donors (Lipinski definition) is 1. The minimum atomic E-state index is -0.297. The van der Waals surface area contributed by atoms with Gasteiger partial charge in [0, 0.05) is 6.04 Å². The van der Waals surface area contributed by atoms with Gasteiger partial charge in [-0.2, -0.15) is 0 Å². The molecule has 1 fully saturated rings. The first-order valence-electron chi connectivity index (χ1n) is 4.57. The summed E-state index contributed by atoms with van der Waals surface area (Å²) >= 11 is 0. The summed E-state index contributed by atoms with van der Waals surface area (Å²) in [5.74, 6) is 0.820. The highest BCUT2D eigenvalue weighted by Gasteiger charge is 2.19. The first-order valence-corrected chi connectivity index (χ1v) is 4.57. The van der Waals surface area contributed by atoms with Crippen molar-refractivity contribution in [2.24, 2.45) is 5.92 Å².